The summed E-state index contributed by atoms with van der Waals surface area (Å²) in [5.74, 6) is 1.73. The van der Waals surface area contributed by atoms with Crippen molar-refractivity contribution in [1.29, 1.82) is 5.26 Å². The minimum absolute atomic E-state index is 0.0605. The lowest BCUT2D eigenvalue weighted by atomic mass is 9.85. The first kappa shape index (κ1) is 48.1. The van der Waals surface area contributed by atoms with Crippen LogP contribution in [0.5, 0.6) is 0 Å². The molecule has 74 heavy (non-hydrogen) atoms. The van der Waals surface area contributed by atoms with E-state index in [9.17, 15) is 5.26 Å². The summed E-state index contributed by atoms with van der Waals surface area (Å²) in [4.78, 5) is 15.6. The Hall–Kier alpha value is -8.14. The van der Waals surface area contributed by atoms with Crippen LogP contribution in [-0.4, -0.2) is 24.1 Å². The second kappa shape index (κ2) is 17.5. The molecule has 6 nitrogen and oxygen atoms in total. The Balaban J connectivity index is 1.27. The van der Waals surface area contributed by atoms with Crippen LogP contribution in [0.15, 0.2) is 170 Å². The Morgan fingerprint density at radius 3 is 1.11 bits per heavy atom. The summed E-state index contributed by atoms with van der Waals surface area (Å²) in [6.07, 6.45) is 0. The first-order chi connectivity index (χ1) is 35.2. The highest BCUT2D eigenvalue weighted by Crippen LogP contribution is 2.45. The zero-order valence-corrected chi connectivity index (χ0v) is 44.8. The smallest absolute Gasteiger partial charge is 0.164 e. The van der Waals surface area contributed by atoms with Gasteiger partial charge in [0, 0.05) is 49.4 Å². The molecule has 0 aliphatic rings. The van der Waals surface area contributed by atoms with Crippen LogP contribution in [-0.2, 0) is 21.7 Å². The number of aromatic nitrogens is 5. The quantitative estimate of drug-likeness (QED) is 0.166. The van der Waals surface area contributed by atoms with E-state index in [2.05, 4.69) is 195 Å². The number of para-hydroxylation sites is 1. The third kappa shape index (κ3) is 8.44. The molecule has 8 aromatic carbocycles. The average molecular weight is 965 g/mol. The van der Waals surface area contributed by atoms with E-state index in [1.165, 1.54) is 33.0 Å². The SMILES string of the molecule is CC(C)(C)c1ccc2c(c1)c1cc(C(C)(C)C)ccc1n2-c1ccc(-c2nc(-c3ccccc3)nc(-c3ccccc3)n2)cc1-c1cccc(C#N)c1-n1c2ccc(C(C)(C)C)cc2c2cc(C(C)(C)C)ccc21. The molecule has 0 unspecified atom stereocenters. The van der Waals surface area contributed by atoms with E-state index in [4.69, 9.17) is 15.0 Å². The minimum Gasteiger partial charge on any atom is -0.309 e. The van der Waals surface area contributed by atoms with Gasteiger partial charge >= 0.3 is 0 Å². The van der Waals surface area contributed by atoms with Gasteiger partial charge in [0.1, 0.15) is 6.07 Å². The van der Waals surface area contributed by atoms with E-state index in [0.29, 0.717) is 23.0 Å². The van der Waals surface area contributed by atoms with E-state index in [1.54, 1.807) is 0 Å². The molecule has 0 aliphatic heterocycles. The van der Waals surface area contributed by atoms with Crippen molar-refractivity contribution in [1.82, 2.24) is 24.1 Å². The fourth-order valence-electron chi connectivity index (χ4n) is 10.5. The zero-order chi connectivity index (χ0) is 52.1. The Bertz CT molecular complexity index is 3840. The summed E-state index contributed by atoms with van der Waals surface area (Å²) in [6.45, 7) is 27.3. The Morgan fingerprint density at radius 1 is 0.351 bits per heavy atom. The van der Waals surface area contributed by atoms with Gasteiger partial charge in [0.15, 0.2) is 17.5 Å². The van der Waals surface area contributed by atoms with Crippen LogP contribution < -0.4 is 0 Å². The highest BCUT2D eigenvalue weighted by atomic mass is 15.0. The van der Waals surface area contributed by atoms with Crippen molar-refractivity contribution < 1.29 is 0 Å². The molecule has 3 heterocycles. The van der Waals surface area contributed by atoms with E-state index < -0.39 is 0 Å². The number of nitrogens with zero attached hydrogens (tertiary/aromatic N) is 6. The van der Waals surface area contributed by atoms with Gasteiger partial charge in [-0.3, -0.25) is 0 Å². The van der Waals surface area contributed by atoms with Gasteiger partial charge in [-0.2, -0.15) is 5.26 Å². The Kier molecular flexibility index (Phi) is 11.4. The molecule has 3 aromatic heterocycles. The maximum absolute atomic E-state index is 11.4. The molecular formula is C68H64N6. The summed E-state index contributed by atoms with van der Waals surface area (Å²) in [5, 5.41) is 16.1. The summed E-state index contributed by atoms with van der Waals surface area (Å²) >= 11 is 0. The van der Waals surface area contributed by atoms with Gasteiger partial charge in [0.2, 0.25) is 0 Å². The molecular weight excluding hydrogens is 901 g/mol. The molecule has 0 saturated carbocycles. The molecule has 0 amide bonds. The van der Waals surface area contributed by atoms with E-state index in [1.807, 2.05) is 72.8 Å². The predicted octanol–water partition coefficient (Wildman–Crippen LogP) is 17.8. The first-order valence-electron chi connectivity index (χ1n) is 25.9. The summed E-state index contributed by atoms with van der Waals surface area (Å²) < 4.78 is 4.77. The van der Waals surface area contributed by atoms with Crippen molar-refractivity contribution in [2.75, 3.05) is 0 Å². The fourth-order valence-corrected chi connectivity index (χ4v) is 10.5. The molecule has 0 spiro atoms. The van der Waals surface area contributed by atoms with Gasteiger partial charge in [-0.05, 0) is 117 Å². The lowest BCUT2D eigenvalue weighted by Crippen LogP contribution is -2.10. The molecule has 0 radical (unpaired) electrons. The molecule has 0 fully saturated rings. The maximum atomic E-state index is 11.4. The molecule has 0 N–H and O–H groups in total. The molecule has 0 bridgehead atoms. The third-order valence-corrected chi connectivity index (χ3v) is 14.9. The summed E-state index contributed by atoms with van der Waals surface area (Å²) in [7, 11) is 0. The molecule has 6 heteroatoms. The summed E-state index contributed by atoms with van der Waals surface area (Å²) in [5.41, 5.74) is 15.9. The second-order valence-corrected chi connectivity index (χ2v) is 24.2. The standard InChI is InChI=1S/C68H64N6/c1-65(2,3)46-27-32-57-52(37-46)53-38-47(66(4,5)6)28-33-58(53)73(57)56-31-26-44(64-71-62(42-20-15-13-16-21-42)70-63(72-64)43-22-17-14-18-23-43)36-51(56)50-25-19-24-45(41-69)61(50)74-59-34-29-48(67(7,8)9)39-54(59)55-40-49(68(10,11)12)30-35-60(55)74/h13-40H,1-12H3. The van der Waals surface area contributed by atoms with Crippen LogP contribution in [0.2, 0.25) is 0 Å². The van der Waals surface area contributed by atoms with E-state index in [0.717, 1.165) is 72.0 Å². The van der Waals surface area contributed by atoms with Crippen LogP contribution >= 0.6 is 0 Å². The maximum Gasteiger partial charge on any atom is 0.164 e. The number of benzene rings is 8. The van der Waals surface area contributed by atoms with Crippen LogP contribution in [0.1, 0.15) is 111 Å². The van der Waals surface area contributed by atoms with Gasteiger partial charge in [0.25, 0.3) is 0 Å². The third-order valence-electron chi connectivity index (χ3n) is 14.9. The van der Waals surface area contributed by atoms with E-state index in [-0.39, 0.29) is 21.7 Å². The van der Waals surface area contributed by atoms with Crippen molar-refractivity contribution in [2.24, 2.45) is 0 Å². The Morgan fingerprint density at radius 2 is 0.730 bits per heavy atom. The van der Waals surface area contributed by atoms with Crippen molar-refractivity contribution in [3.8, 4) is 62.7 Å². The fraction of sp³-hybridized carbons (Fsp3) is 0.235. The number of hydrogen-bond acceptors (Lipinski definition) is 4. The average Bonchev–Trinajstić information content (AvgIpc) is 3.90. The second-order valence-electron chi connectivity index (χ2n) is 24.2. The molecule has 366 valence electrons. The van der Waals surface area contributed by atoms with E-state index >= 15 is 0 Å². The predicted molar refractivity (Wildman–Crippen MR) is 310 cm³/mol. The van der Waals surface area contributed by atoms with Crippen LogP contribution in [0.3, 0.4) is 0 Å². The zero-order valence-electron chi connectivity index (χ0n) is 44.8. The topological polar surface area (TPSA) is 72.3 Å². The van der Waals surface area contributed by atoms with Gasteiger partial charge in [-0.25, -0.2) is 15.0 Å². The normalized spacial score (nSPS) is 12.6. The highest BCUT2D eigenvalue weighted by Gasteiger charge is 2.28. The monoisotopic (exact) mass is 965 g/mol. The van der Waals surface area contributed by atoms with Crippen LogP contribution in [0.25, 0.3) is 100 Å². The van der Waals surface area contributed by atoms with Gasteiger partial charge < -0.3 is 9.13 Å². The van der Waals surface area contributed by atoms with Gasteiger partial charge in [-0.15, -0.1) is 0 Å². The molecule has 0 aliphatic carbocycles. The van der Waals surface area contributed by atoms with Crippen LogP contribution in [0, 0.1) is 11.3 Å². The lowest BCUT2D eigenvalue weighted by Gasteiger charge is -2.22. The number of rotatable bonds is 6. The van der Waals surface area contributed by atoms with Crippen molar-refractivity contribution >= 4 is 43.6 Å². The van der Waals surface area contributed by atoms with Crippen LogP contribution in [0.4, 0.5) is 0 Å². The summed E-state index contributed by atoms with van der Waals surface area (Å²) in [6, 6.07) is 63.5. The number of nitriles is 1. The van der Waals surface area contributed by atoms with Gasteiger partial charge in [0.05, 0.1) is 39.0 Å². The first-order valence-corrected chi connectivity index (χ1v) is 25.9. The number of hydrogen-bond donors (Lipinski definition) is 0. The molecule has 11 rings (SSSR count). The van der Waals surface area contributed by atoms with Crippen molar-refractivity contribution in [3.05, 3.63) is 198 Å². The largest absolute Gasteiger partial charge is 0.309 e. The highest BCUT2D eigenvalue weighted by molar-refractivity contribution is 6.12. The van der Waals surface area contributed by atoms with Crippen molar-refractivity contribution in [2.45, 2.75) is 105 Å². The molecule has 11 aromatic rings. The number of fused-ring (bicyclic) bond motifs is 6. The van der Waals surface area contributed by atoms with Crippen molar-refractivity contribution in [3.63, 3.8) is 0 Å². The lowest BCUT2D eigenvalue weighted by molar-refractivity contribution is 0.590. The molecule has 0 atom stereocenters. The Labute approximate surface area is 436 Å². The molecule has 0 saturated heterocycles. The minimum atomic E-state index is -0.0747. The van der Waals surface area contributed by atoms with Gasteiger partial charge in [-0.1, -0.05) is 180 Å².